The van der Waals surface area contributed by atoms with Crippen molar-refractivity contribution in [3.05, 3.63) is 48.0 Å². The summed E-state index contributed by atoms with van der Waals surface area (Å²) >= 11 is 0. The third kappa shape index (κ3) is 5.47. The number of fused-ring (bicyclic) bond motifs is 1. The third-order valence-corrected chi connectivity index (χ3v) is 4.90. The van der Waals surface area contributed by atoms with Crippen LogP contribution >= 0.6 is 0 Å². The molecular weight excluding hydrogens is 435 g/mol. The zero-order valence-electron chi connectivity index (χ0n) is 17.6. The highest BCUT2D eigenvalue weighted by atomic mass is 32.2. The van der Waals surface area contributed by atoms with Gasteiger partial charge in [-0.1, -0.05) is 0 Å². The number of nitrogens with one attached hydrogen (secondary N) is 2. The fourth-order valence-electron chi connectivity index (χ4n) is 3.03. The predicted molar refractivity (Wildman–Crippen MR) is 120 cm³/mol. The highest BCUT2D eigenvalue weighted by molar-refractivity contribution is 7.74. The number of aromatic nitrogens is 2. The van der Waals surface area contributed by atoms with Crippen molar-refractivity contribution in [2.45, 2.75) is 20.0 Å². The molecule has 9 nitrogen and oxygen atoms in total. The fraction of sp³-hybridized carbons (Fsp3) is 0.238. The van der Waals surface area contributed by atoms with E-state index in [1.807, 2.05) is 13.0 Å². The molecule has 3 rings (SSSR count). The first-order chi connectivity index (χ1) is 15.3. The molecule has 0 radical (unpaired) electrons. The number of hydrogen-bond donors (Lipinski definition) is 3. The molecule has 2 aromatic carbocycles. The van der Waals surface area contributed by atoms with Crippen LogP contribution in [0.15, 0.2) is 41.0 Å². The minimum atomic E-state index is -1.70. The Morgan fingerprint density at radius 1 is 1.34 bits per heavy atom. The van der Waals surface area contributed by atoms with E-state index in [9.17, 15) is 13.4 Å². The molecule has 2 N–H and O–H groups in total. The van der Waals surface area contributed by atoms with E-state index in [0.29, 0.717) is 28.1 Å². The second-order valence-electron chi connectivity index (χ2n) is 6.84. The largest absolute Gasteiger partial charge is 0.479 e. The molecule has 2 atom stereocenters. The van der Waals surface area contributed by atoms with E-state index >= 15 is 0 Å². The number of ether oxygens (including phenoxy) is 1. The number of benzene rings is 2. The Morgan fingerprint density at radius 2 is 2.12 bits per heavy atom. The summed E-state index contributed by atoms with van der Waals surface area (Å²) in [5, 5.41) is 14.8. The number of nitriles is 1. The van der Waals surface area contributed by atoms with E-state index < -0.39 is 28.4 Å². The van der Waals surface area contributed by atoms with Crippen molar-refractivity contribution in [2.24, 2.45) is 4.36 Å². The number of anilines is 2. The van der Waals surface area contributed by atoms with Crippen LogP contribution in [0, 0.1) is 24.1 Å². The summed E-state index contributed by atoms with van der Waals surface area (Å²) in [5.74, 6) is -0.504. The topological polar surface area (TPSA) is 129 Å². The number of aryl methyl sites for hydroxylation is 1. The van der Waals surface area contributed by atoms with E-state index in [2.05, 4.69) is 25.0 Å². The molecule has 0 aliphatic carbocycles. The summed E-state index contributed by atoms with van der Waals surface area (Å²) in [4.78, 5) is 20.6. The molecule has 0 aliphatic rings. The molecule has 1 unspecified atom stereocenters. The molecule has 32 heavy (non-hydrogen) atoms. The lowest BCUT2D eigenvalue weighted by Crippen LogP contribution is -2.36. The molecule has 0 saturated carbocycles. The number of nitrogens with zero attached hydrogens (tertiary/aromatic N) is 4. The van der Waals surface area contributed by atoms with E-state index in [1.54, 1.807) is 12.1 Å². The second kappa shape index (κ2) is 10.0. The Labute approximate surface area is 185 Å². The lowest BCUT2D eigenvalue weighted by molar-refractivity contribution is -0.126. The molecule has 3 aromatic rings. The molecule has 0 fully saturated rings. The van der Waals surface area contributed by atoms with Crippen LogP contribution in [0.1, 0.15) is 12.5 Å². The smallest absolute Gasteiger partial charge is 0.261 e. The van der Waals surface area contributed by atoms with Crippen LogP contribution in [0.4, 0.5) is 21.6 Å². The molecule has 11 heteroatoms. The number of thiol groups is 1. The van der Waals surface area contributed by atoms with E-state index in [0.717, 1.165) is 11.6 Å². The molecular formula is C21H21FN6O3S. The Balaban J connectivity index is 1.97. The minimum absolute atomic E-state index is 0.101. The van der Waals surface area contributed by atoms with Crippen molar-refractivity contribution in [3.8, 4) is 11.8 Å². The molecule has 166 valence electrons. The van der Waals surface area contributed by atoms with Gasteiger partial charge in [0.15, 0.2) is 6.10 Å². The SMILES string of the molecule is Cc1cc(/N=[SH](/C)=O)cc2ncnc(Nc3ccc(F)cc3O[C@H](C)C(=O)NCC#N)c12. The summed E-state index contributed by atoms with van der Waals surface area (Å²) in [7, 11) is -1.70. The summed E-state index contributed by atoms with van der Waals surface area (Å²) < 4.78 is 35.1. The average Bonchev–Trinajstić information content (AvgIpc) is 2.73. The van der Waals surface area contributed by atoms with Gasteiger partial charge in [-0.25, -0.2) is 18.7 Å². The lowest BCUT2D eigenvalue weighted by atomic mass is 10.1. The van der Waals surface area contributed by atoms with Gasteiger partial charge >= 0.3 is 0 Å². The van der Waals surface area contributed by atoms with Crippen LogP contribution in [-0.2, 0) is 15.4 Å². The number of hydrogen-bond acceptors (Lipinski definition) is 8. The summed E-state index contributed by atoms with van der Waals surface area (Å²) in [6, 6.07) is 9.17. The zero-order valence-corrected chi connectivity index (χ0v) is 18.5. The average molecular weight is 457 g/mol. The summed E-state index contributed by atoms with van der Waals surface area (Å²) in [6.07, 6.45) is 1.91. The van der Waals surface area contributed by atoms with Crippen LogP contribution in [0.5, 0.6) is 5.75 Å². The molecule has 0 saturated heterocycles. The maximum Gasteiger partial charge on any atom is 0.261 e. The third-order valence-electron chi connectivity index (χ3n) is 4.39. The van der Waals surface area contributed by atoms with Gasteiger partial charge in [-0.15, -0.1) is 0 Å². The van der Waals surface area contributed by atoms with Crippen LogP contribution in [0.25, 0.3) is 10.9 Å². The van der Waals surface area contributed by atoms with E-state index in [-0.39, 0.29) is 12.3 Å². The van der Waals surface area contributed by atoms with Crippen molar-refractivity contribution >= 4 is 44.6 Å². The van der Waals surface area contributed by atoms with Crippen LogP contribution < -0.4 is 15.4 Å². The second-order valence-corrected chi connectivity index (χ2v) is 7.97. The number of halogens is 1. The van der Waals surface area contributed by atoms with Gasteiger partial charge in [0.2, 0.25) is 0 Å². The van der Waals surface area contributed by atoms with E-state index in [4.69, 9.17) is 10.00 Å². The van der Waals surface area contributed by atoms with Gasteiger partial charge in [-0.05, 0) is 43.7 Å². The van der Waals surface area contributed by atoms with Crippen molar-refractivity contribution in [1.82, 2.24) is 15.3 Å². The van der Waals surface area contributed by atoms with Gasteiger partial charge < -0.3 is 15.4 Å². The van der Waals surface area contributed by atoms with Gasteiger partial charge in [-0.2, -0.15) is 5.26 Å². The molecule has 1 heterocycles. The Hall–Kier alpha value is -3.78. The maximum absolute atomic E-state index is 13.9. The Morgan fingerprint density at radius 3 is 2.84 bits per heavy atom. The van der Waals surface area contributed by atoms with Gasteiger partial charge in [0.25, 0.3) is 5.91 Å². The van der Waals surface area contributed by atoms with Crippen molar-refractivity contribution in [3.63, 3.8) is 0 Å². The number of carbonyl (C=O) groups excluding carboxylic acids is 1. The van der Waals surface area contributed by atoms with Crippen LogP contribution in [0.2, 0.25) is 0 Å². The van der Waals surface area contributed by atoms with Crippen LogP contribution in [-0.4, -0.2) is 39.0 Å². The van der Waals surface area contributed by atoms with Gasteiger partial charge in [0.1, 0.15) is 30.3 Å². The van der Waals surface area contributed by atoms with Crippen LogP contribution in [0.3, 0.4) is 0 Å². The molecule has 0 aliphatic heterocycles. The van der Waals surface area contributed by atoms with Gasteiger partial charge in [0, 0.05) is 28.3 Å². The Kier molecular flexibility index (Phi) is 7.17. The molecule has 1 amide bonds. The number of amides is 1. The molecule has 0 bridgehead atoms. The number of rotatable bonds is 7. The normalized spacial score (nSPS) is 12.7. The van der Waals surface area contributed by atoms with Crippen molar-refractivity contribution in [1.29, 1.82) is 5.26 Å². The molecule has 0 spiro atoms. The van der Waals surface area contributed by atoms with Crippen molar-refractivity contribution in [2.75, 3.05) is 18.1 Å². The van der Waals surface area contributed by atoms with Crippen molar-refractivity contribution < 1.29 is 18.1 Å². The number of carbonyl (C=O) groups is 1. The highest BCUT2D eigenvalue weighted by Gasteiger charge is 2.18. The zero-order chi connectivity index (χ0) is 23.3. The lowest BCUT2D eigenvalue weighted by Gasteiger charge is -2.18. The predicted octanol–water partition coefficient (Wildman–Crippen LogP) is 3.15. The van der Waals surface area contributed by atoms with Gasteiger partial charge in [-0.3, -0.25) is 9.00 Å². The maximum atomic E-state index is 13.9. The first-order valence-electron chi connectivity index (χ1n) is 9.54. The molecule has 1 aromatic heterocycles. The first kappa shape index (κ1) is 22.9. The van der Waals surface area contributed by atoms with Gasteiger partial charge in [0.05, 0.1) is 23.0 Å². The minimum Gasteiger partial charge on any atom is -0.479 e. The Bertz CT molecular complexity index is 1300. The first-order valence-corrected chi connectivity index (χ1v) is 11.2. The highest BCUT2D eigenvalue weighted by Crippen LogP contribution is 2.33. The standard InChI is InChI=1S/C21H21FN6O3S/c1-12-8-15(28-32(3)30)10-17-19(12)20(26-11-25-17)27-16-5-4-14(22)9-18(16)31-13(2)21(29)24-7-6-23/h4-5,8-11,13,32H,7H2,1-3H3,(H,24,29)(H,25,26,27)/t13-/m1/s1. The fourth-order valence-corrected chi connectivity index (χ4v) is 3.47. The quantitative estimate of drug-likeness (QED) is 0.368. The summed E-state index contributed by atoms with van der Waals surface area (Å²) in [6.45, 7) is 3.19. The van der Waals surface area contributed by atoms with E-state index in [1.165, 1.54) is 31.6 Å². The monoisotopic (exact) mass is 456 g/mol. The summed E-state index contributed by atoms with van der Waals surface area (Å²) in [5.41, 5.74) is 2.32.